The minimum atomic E-state index is -0.0107. The highest BCUT2D eigenvalue weighted by molar-refractivity contribution is 5.92. The molecule has 0 aliphatic carbocycles. The molecule has 1 aliphatic rings. The Hall–Kier alpha value is -2.37. The first-order valence-corrected chi connectivity index (χ1v) is 8.03. The molecule has 0 bridgehead atoms. The maximum Gasteiger partial charge on any atom is 0.272 e. The van der Waals surface area contributed by atoms with Gasteiger partial charge in [-0.05, 0) is 43.9 Å². The molecular weight excluding hydrogens is 292 g/mol. The zero-order valence-electron chi connectivity index (χ0n) is 13.6. The van der Waals surface area contributed by atoms with E-state index in [4.69, 9.17) is 4.42 Å². The monoisotopic (exact) mass is 314 g/mol. The highest BCUT2D eigenvalue weighted by atomic mass is 16.3. The summed E-state index contributed by atoms with van der Waals surface area (Å²) in [5, 5.41) is 3.11. The molecule has 1 fully saturated rings. The zero-order valence-corrected chi connectivity index (χ0v) is 13.6. The molecular formula is C17H22N4O2. The number of carbonyl (C=O) groups is 1. The number of nitrogens with one attached hydrogen (secondary N) is 1. The van der Waals surface area contributed by atoms with Gasteiger partial charge in [0.25, 0.3) is 5.91 Å². The van der Waals surface area contributed by atoms with Gasteiger partial charge in [-0.25, -0.2) is 9.97 Å². The molecule has 6 heteroatoms. The van der Waals surface area contributed by atoms with Crippen LogP contribution in [0.15, 0.2) is 28.9 Å². The number of aryl methyl sites for hydroxylation is 1. The van der Waals surface area contributed by atoms with Gasteiger partial charge in [0.2, 0.25) is 5.95 Å². The predicted molar refractivity (Wildman–Crippen MR) is 87.1 cm³/mol. The van der Waals surface area contributed by atoms with Crippen LogP contribution in [0.25, 0.3) is 0 Å². The summed E-state index contributed by atoms with van der Waals surface area (Å²) in [6, 6.07) is 5.46. The topological polar surface area (TPSA) is 71.3 Å². The molecule has 6 nitrogen and oxygen atoms in total. The third-order valence-electron chi connectivity index (χ3n) is 4.15. The lowest BCUT2D eigenvalue weighted by Gasteiger charge is -2.30. The zero-order chi connectivity index (χ0) is 16.2. The Morgan fingerprint density at radius 1 is 1.39 bits per heavy atom. The summed E-state index contributed by atoms with van der Waals surface area (Å²) < 4.78 is 5.28. The van der Waals surface area contributed by atoms with Crippen molar-refractivity contribution in [2.45, 2.75) is 33.2 Å². The number of carbonyl (C=O) groups excluding carboxylic acids is 1. The summed E-state index contributed by atoms with van der Waals surface area (Å²) in [6.07, 6.45) is 3.74. The van der Waals surface area contributed by atoms with Gasteiger partial charge in [0.1, 0.15) is 11.5 Å². The summed E-state index contributed by atoms with van der Waals surface area (Å²) in [7, 11) is 0. The van der Waals surface area contributed by atoms with Crippen molar-refractivity contribution in [3.8, 4) is 0 Å². The third-order valence-corrected chi connectivity index (χ3v) is 4.15. The van der Waals surface area contributed by atoms with Crippen LogP contribution < -0.4 is 5.32 Å². The van der Waals surface area contributed by atoms with Crippen molar-refractivity contribution >= 4 is 11.9 Å². The smallest absolute Gasteiger partial charge is 0.272 e. The molecule has 2 aromatic heterocycles. The summed E-state index contributed by atoms with van der Waals surface area (Å²) in [5.41, 5.74) is 1.23. The van der Waals surface area contributed by atoms with E-state index in [2.05, 4.69) is 22.2 Å². The molecule has 1 aliphatic heterocycles. The maximum absolute atomic E-state index is 12.6. The standard InChI is InChI=1S/C17H22N4O2/c1-12-5-7-21(8-6-12)16(22)15-10-13(2)19-17(20-15)18-11-14-4-3-9-23-14/h3-4,9-10,12H,5-8,11H2,1-2H3,(H,18,19,20). The van der Waals surface area contributed by atoms with Gasteiger partial charge in [-0.15, -0.1) is 0 Å². The number of nitrogens with zero attached hydrogens (tertiary/aromatic N) is 3. The molecule has 0 aromatic carbocycles. The van der Waals surface area contributed by atoms with Crippen LogP contribution in [0.1, 0.15) is 41.7 Å². The Labute approximate surface area is 135 Å². The van der Waals surface area contributed by atoms with E-state index in [9.17, 15) is 4.79 Å². The number of hydrogen-bond donors (Lipinski definition) is 1. The Bertz CT molecular complexity index is 661. The number of anilines is 1. The van der Waals surface area contributed by atoms with Crippen molar-refractivity contribution in [1.82, 2.24) is 14.9 Å². The van der Waals surface area contributed by atoms with Crippen LogP contribution in [0.3, 0.4) is 0 Å². The van der Waals surface area contributed by atoms with Gasteiger partial charge in [0.15, 0.2) is 0 Å². The first kappa shape index (κ1) is 15.5. The normalized spacial score (nSPS) is 15.7. The third kappa shape index (κ3) is 3.88. The Morgan fingerprint density at radius 3 is 2.87 bits per heavy atom. The first-order chi connectivity index (χ1) is 11.1. The van der Waals surface area contributed by atoms with Gasteiger partial charge in [-0.2, -0.15) is 0 Å². The van der Waals surface area contributed by atoms with E-state index in [1.807, 2.05) is 24.0 Å². The molecule has 1 amide bonds. The number of hydrogen-bond acceptors (Lipinski definition) is 5. The fourth-order valence-corrected chi connectivity index (χ4v) is 2.71. The number of rotatable bonds is 4. The number of amides is 1. The number of piperidine rings is 1. The molecule has 2 aromatic rings. The van der Waals surface area contributed by atoms with E-state index >= 15 is 0 Å². The highest BCUT2D eigenvalue weighted by Gasteiger charge is 2.23. The largest absolute Gasteiger partial charge is 0.467 e. The highest BCUT2D eigenvalue weighted by Crippen LogP contribution is 2.18. The molecule has 0 radical (unpaired) electrons. The van der Waals surface area contributed by atoms with Crippen molar-refractivity contribution in [2.24, 2.45) is 5.92 Å². The van der Waals surface area contributed by atoms with Crippen LogP contribution in [-0.2, 0) is 6.54 Å². The van der Waals surface area contributed by atoms with Gasteiger partial charge in [-0.3, -0.25) is 4.79 Å². The summed E-state index contributed by atoms with van der Waals surface area (Å²) >= 11 is 0. The van der Waals surface area contributed by atoms with E-state index in [-0.39, 0.29) is 5.91 Å². The molecule has 122 valence electrons. The predicted octanol–water partition coefficient (Wildman–Crippen LogP) is 2.86. The number of likely N-dealkylation sites (tertiary alicyclic amines) is 1. The molecule has 3 rings (SSSR count). The lowest BCUT2D eigenvalue weighted by atomic mass is 9.99. The molecule has 0 spiro atoms. The van der Waals surface area contributed by atoms with Crippen molar-refractivity contribution in [1.29, 1.82) is 0 Å². The number of aromatic nitrogens is 2. The average Bonchev–Trinajstić information content (AvgIpc) is 3.06. The minimum absolute atomic E-state index is 0.0107. The van der Waals surface area contributed by atoms with Crippen molar-refractivity contribution in [2.75, 3.05) is 18.4 Å². The second kappa shape index (κ2) is 6.81. The Kier molecular flexibility index (Phi) is 4.60. The lowest BCUT2D eigenvalue weighted by molar-refractivity contribution is 0.0691. The quantitative estimate of drug-likeness (QED) is 0.939. The van der Waals surface area contributed by atoms with Crippen LogP contribution in [0.4, 0.5) is 5.95 Å². The van der Waals surface area contributed by atoms with E-state index in [1.54, 1.807) is 12.3 Å². The second-order valence-corrected chi connectivity index (χ2v) is 6.13. The Morgan fingerprint density at radius 2 is 2.17 bits per heavy atom. The molecule has 1 N–H and O–H groups in total. The second-order valence-electron chi connectivity index (χ2n) is 6.13. The lowest BCUT2D eigenvalue weighted by Crippen LogP contribution is -2.38. The van der Waals surface area contributed by atoms with Gasteiger partial charge >= 0.3 is 0 Å². The van der Waals surface area contributed by atoms with Crippen LogP contribution >= 0.6 is 0 Å². The van der Waals surface area contributed by atoms with Crippen molar-refractivity contribution in [3.63, 3.8) is 0 Å². The fraction of sp³-hybridized carbons (Fsp3) is 0.471. The molecule has 3 heterocycles. The van der Waals surface area contributed by atoms with Crippen molar-refractivity contribution in [3.05, 3.63) is 41.6 Å². The van der Waals surface area contributed by atoms with Gasteiger partial charge in [0, 0.05) is 18.8 Å². The van der Waals surface area contributed by atoms with E-state index in [1.165, 1.54) is 0 Å². The van der Waals surface area contributed by atoms with Crippen LogP contribution in [0.5, 0.6) is 0 Å². The fourth-order valence-electron chi connectivity index (χ4n) is 2.71. The van der Waals surface area contributed by atoms with Crippen LogP contribution in [0.2, 0.25) is 0 Å². The van der Waals surface area contributed by atoms with Gasteiger partial charge in [0.05, 0.1) is 12.8 Å². The summed E-state index contributed by atoms with van der Waals surface area (Å²) in [6.45, 7) is 6.20. The van der Waals surface area contributed by atoms with Gasteiger partial charge < -0.3 is 14.6 Å². The van der Waals surface area contributed by atoms with E-state index in [0.29, 0.717) is 24.1 Å². The summed E-state index contributed by atoms with van der Waals surface area (Å²) in [5.74, 6) is 1.93. The molecule has 0 unspecified atom stereocenters. The van der Waals surface area contributed by atoms with Crippen LogP contribution in [-0.4, -0.2) is 33.9 Å². The number of furan rings is 1. The maximum atomic E-state index is 12.6. The molecule has 0 atom stereocenters. The molecule has 1 saturated heterocycles. The van der Waals surface area contributed by atoms with Crippen molar-refractivity contribution < 1.29 is 9.21 Å². The molecule has 0 saturated carbocycles. The minimum Gasteiger partial charge on any atom is -0.467 e. The summed E-state index contributed by atoms with van der Waals surface area (Å²) in [4.78, 5) is 23.2. The molecule has 23 heavy (non-hydrogen) atoms. The van der Waals surface area contributed by atoms with E-state index < -0.39 is 0 Å². The Balaban J connectivity index is 1.70. The van der Waals surface area contributed by atoms with E-state index in [0.717, 1.165) is 37.4 Å². The first-order valence-electron chi connectivity index (χ1n) is 8.03. The van der Waals surface area contributed by atoms with Crippen LogP contribution in [0, 0.1) is 12.8 Å². The average molecular weight is 314 g/mol. The van der Waals surface area contributed by atoms with Gasteiger partial charge in [-0.1, -0.05) is 6.92 Å². The SMILES string of the molecule is Cc1cc(C(=O)N2CCC(C)CC2)nc(NCc2ccco2)n1.